The lowest BCUT2D eigenvalue weighted by Gasteiger charge is -2.00. The number of hydrogen-bond donors (Lipinski definition) is 0. The average molecular weight is 208 g/mol. The summed E-state index contributed by atoms with van der Waals surface area (Å²) in [6, 6.07) is 10.4. The van der Waals surface area contributed by atoms with Crippen LogP contribution in [0.5, 0.6) is 0 Å². The van der Waals surface area contributed by atoms with E-state index in [0.29, 0.717) is 5.78 Å². The molecule has 0 spiro atoms. The van der Waals surface area contributed by atoms with Crippen molar-refractivity contribution < 1.29 is 4.79 Å². The lowest BCUT2D eigenvalue weighted by atomic mass is 10.2. The Morgan fingerprint density at radius 2 is 1.93 bits per heavy atom. The van der Waals surface area contributed by atoms with Gasteiger partial charge in [-0.15, -0.1) is 11.8 Å². The van der Waals surface area contributed by atoms with E-state index in [2.05, 4.69) is 24.3 Å². The van der Waals surface area contributed by atoms with Gasteiger partial charge in [0.15, 0.2) is 0 Å². The Morgan fingerprint density at radius 3 is 2.57 bits per heavy atom. The van der Waals surface area contributed by atoms with E-state index >= 15 is 0 Å². The lowest BCUT2D eigenvalue weighted by Crippen LogP contribution is -1.90. The summed E-state index contributed by atoms with van der Waals surface area (Å²) in [5, 5.41) is 0. The highest BCUT2D eigenvalue weighted by atomic mass is 32.2. The SMILES string of the molecule is CC(=O)CCCCSc1ccccc1. The molecule has 1 aromatic carbocycles. The average Bonchev–Trinajstić information content (AvgIpc) is 2.18. The number of ketones is 1. The Morgan fingerprint density at radius 1 is 1.21 bits per heavy atom. The van der Waals surface area contributed by atoms with Gasteiger partial charge in [0.1, 0.15) is 5.78 Å². The highest BCUT2D eigenvalue weighted by Gasteiger charge is 1.95. The number of hydrogen-bond acceptors (Lipinski definition) is 2. The molecule has 0 aliphatic rings. The van der Waals surface area contributed by atoms with Crippen LogP contribution in [0.15, 0.2) is 35.2 Å². The van der Waals surface area contributed by atoms with Crippen molar-refractivity contribution in [3.8, 4) is 0 Å². The first-order valence-electron chi connectivity index (χ1n) is 4.96. The van der Waals surface area contributed by atoms with Crippen LogP contribution in [0.2, 0.25) is 0 Å². The van der Waals surface area contributed by atoms with E-state index in [1.165, 1.54) is 4.90 Å². The Bertz CT molecular complexity index is 269. The first-order valence-corrected chi connectivity index (χ1v) is 5.95. The van der Waals surface area contributed by atoms with Gasteiger partial charge in [-0.25, -0.2) is 0 Å². The molecule has 1 nitrogen and oxygen atoms in total. The first kappa shape index (κ1) is 11.3. The summed E-state index contributed by atoms with van der Waals surface area (Å²) in [4.78, 5) is 12.0. The van der Waals surface area contributed by atoms with Crippen LogP contribution in [0.4, 0.5) is 0 Å². The summed E-state index contributed by atoms with van der Waals surface area (Å²) in [6.45, 7) is 1.66. The Kier molecular flexibility index (Phi) is 5.38. The van der Waals surface area contributed by atoms with Gasteiger partial charge in [-0.3, -0.25) is 0 Å². The third-order valence-corrected chi connectivity index (χ3v) is 3.03. The van der Waals surface area contributed by atoms with Crippen molar-refractivity contribution in [1.82, 2.24) is 0 Å². The van der Waals surface area contributed by atoms with E-state index in [4.69, 9.17) is 0 Å². The molecule has 0 unspecified atom stereocenters. The molecule has 2 heteroatoms. The fraction of sp³-hybridized carbons (Fsp3) is 0.417. The number of rotatable bonds is 6. The van der Waals surface area contributed by atoms with Crippen LogP contribution in [0.3, 0.4) is 0 Å². The minimum Gasteiger partial charge on any atom is -0.300 e. The molecular formula is C12H16OS. The topological polar surface area (TPSA) is 17.1 Å². The molecule has 0 heterocycles. The van der Waals surface area contributed by atoms with Gasteiger partial charge in [-0.05, 0) is 37.7 Å². The molecule has 0 saturated heterocycles. The smallest absolute Gasteiger partial charge is 0.129 e. The van der Waals surface area contributed by atoms with Crippen molar-refractivity contribution in [2.45, 2.75) is 31.1 Å². The van der Waals surface area contributed by atoms with Crippen molar-refractivity contribution in [3.63, 3.8) is 0 Å². The number of Topliss-reactive ketones (excluding diaryl/α,β-unsaturated/α-hetero) is 1. The standard InChI is InChI=1S/C12H16OS/c1-11(13)7-5-6-10-14-12-8-3-2-4-9-12/h2-4,8-9H,5-7,10H2,1H3. The van der Waals surface area contributed by atoms with Crippen molar-refractivity contribution in [3.05, 3.63) is 30.3 Å². The number of unbranched alkanes of at least 4 members (excludes halogenated alkanes) is 1. The second-order valence-electron chi connectivity index (χ2n) is 3.32. The quantitative estimate of drug-likeness (QED) is 0.525. The molecule has 0 fully saturated rings. The summed E-state index contributed by atoms with van der Waals surface area (Å²) >= 11 is 1.86. The fourth-order valence-corrected chi connectivity index (χ4v) is 2.12. The Balaban J connectivity index is 2.08. The molecule has 1 rings (SSSR count). The van der Waals surface area contributed by atoms with E-state index in [1.54, 1.807) is 6.92 Å². The van der Waals surface area contributed by atoms with Crippen LogP contribution in [0, 0.1) is 0 Å². The second-order valence-corrected chi connectivity index (χ2v) is 4.49. The van der Waals surface area contributed by atoms with Gasteiger partial charge in [0.05, 0.1) is 0 Å². The minimum atomic E-state index is 0.301. The zero-order chi connectivity index (χ0) is 10.2. The molecule has 0 aromatic heterocycles. The number of carbonyl (C=O) groups is 1. The first-order chi connectivity index (χ1) is 6.79. The third kappa shape index (κ3) is 5.07. The molecule has 0 saturated carbocycles. The zero-order valence-electron chi connectivity index (χ0n) is 8.53. The molecule has 0 N–H and O–H groups in total. The normalized spacial score (nSPS) is 10.1. The molecule has 0 aliphatic heterocycles. The number of thioether (sulfide) groups is 1. The van der Waals surface area contributed by atoms with E-state index in [0.717, 1.165) is 25.0 Å². The summed E-state index contributed by atoms with van der Waals surface area (Å²) in [5.41, 5.74) is 0. The zero-order valence-corrected chi connectivity index (χ0v) is 9.35. The molecule has 76 valence electrons. The van der Waals surface area contributed by atoms with Crippen LogP contribution >= 0.6 is 11.8 Å². The van der Waals surface area contributed by atoms with Crippen molar-refractivity contribution in [1.29, 1.82) is 0 Å². The van der Waals surface area contributed by atoms with Crippen LogP contribution < -0.4 is 0 Å². The summed E-state index contributed by atoms with van der Waals surface area (Å²) in [7, 11) is 0. The molecule has 0 aliphatic carbocycles. The molecule has 0 bridgehead atoms. The number of benzene rings is 1. The predicted octanol–water partition coefficient (Wildman–Crippen LogP) is 3.54. The summed E-state index contributed by atoms with van der Waals surface area (Å²) in [6.07, 6.45) is 2.88. The van der Waals surface area contributed by atoms with Crippen LogP contribution in [0.1, 0.15) is 26.2 Å². The van der Waals surface area contributed by atoms with E-state index in [1.807, 2.05) is 17.8 Å². The maximum atomic E-state index is 10.7. The van der Waals surface area contributed by atoms with Gasteiger partial charge < -0.3 is 4.79 Å². The minimum absolute atomic E-state index is 0.301. The van der Waals surface area contributed by atoms with Crippen molar-refractivity contribution >= 4 is 17.5 Å². The van der Waals surface area contributed by atoms with Crippen LogP contribution in [-0.2, 0) is 4.79 Å². The summed E-state index contributed by atoms with van der Waals surface area (Å²) < 4.78 is 0. The summed E-state index contributed by atoms with van der Waals surface area (Å²) in [5.74, 6) is 1.41. The number of carbonyl (C=O) groups excluding carboxylic acids is 1. The third-order valence-electron chi connectivity index (χ3n) is 1.94. The van der Waals surface area contributed by atoms with Gasteiger partial charge in [-0.1, -0.05) is 18.2 Å². The largest absolute Gasteiger partial charge is 0.300 e. The van der Waals surface area contributed by atoms with Crippen LogP contribution in [-0.4, -0.2) is 11.5 Å². The Labute approximate surface area is 89.9 Å². The van der Waals surface area contributed by atoms with Crippen LogP contribution in [0.25, 0.3) is 0 Å². The van der Waals surface area contributed by atoms with Gasteiger partial charge >= 0.3 is 0 Å². The van der Waals surface area contributed by atoms with Crippen molar-refractivity contribution in [2.24, 2.45) is 0 Å². The van der Waals surface area contributed by atoms with Gasteiger partial charge in [0, 0.05) is 11.3 Å². The van der Waals surface area contributed by atoms with Gasteiger partial charge in [0.2, 0.25) is 0 Å². The Hall–Kier alpha value is -0.760. The second kappa shape index (κ2) is 6.66. The highest BCUT2D eigenvalue weighted by molar-refractivity contribution is 7.99. The van der Waals surface area contributed by atoms with Gasteiger partial charge in [0.25, 0.3) is 0 Å². The van der Waals surface area contributed by atoms with Gasteiger partial charge in [-0.2, -0.15) is 0 Å². The van der Waals surface area contributed by atoms with E-state index in [9.17, 15) is 4.79 Å². The molecule has 14 heavy (non-hydrogen) atoms. The highest BCUT2D eigenvalue weighted by Crippen LogP contribution is 2.18. The monoisotopic (exact) mass is 208 g/mol. The maximum Gasteiger partial charge on any atom is 0.129 e. The maximum absolute atomic E-state index is 10.7. The van der Waals surface area contributed by atoms with Crippen molar-refractivity contribution in [2.75, 3.05) is 5.75 Å². The predicted molar refractivity (Wildman–Crippen MR) is 61.7 cm³/mol. The molecule has 0 atom stereocenters. The van der Waals surface area contributed by atoms with E-state index in [-0.39, 0.29) is 0 Å². The lowest BCUT2D eigenvalue weighted by molar-refractivity contribution is -0.117. The van der Waals surface area contributed by atoms with E-state index < -0.39 is 0 Å². The fourth-order valence-electron chi connectivity index (χ4n) is 1.18. The molecule has 1 aromatic rings. The molecule has 0 amide bonds. The molecule has 0 radical (unpaired) electrons. The molecular weight excluding hydrogens is 192 g/mol.